The van der Waals surface area contributed by atoms with Crippen molar-refractivity contribution in [2.24, 2.45) is 5.92 Å². The first-order valence-corrected chi connectivity index (χ1v) is 7.41. The van der Waals surface area contributed by atoms with E-state index in [0.717, 1.165) is 18.4 Å². The quantitative estimate of drug-likeness (QED) is 0.900. The summed E-state index contributed by atoms with van der Waals surface area (Å²) in [5, 5.41) is 11.3. The second-order valence-corrected chi connectivity index (χ2v) is 6.29. The zero-order valence-electron chi connectivity index (χ0n) is 9.15. The standard InChI is InChI=1S/C12H15ClO2S/c1-16(15)8-12(14,9-2-3-9)10-4-6-11(13)7-5-10/h4-7,9,14H,2-3,8H2,1H3/t12-,16+/m1/s1. The molecule has 1 fully saturated rings. The van der Waals surface area contributed by atoms with Gasteiger partial charge in [0.15, 0.2) is 0 Å². The molecule has 88 valence electrons. The van der Waals surface area contributed by atoms with Crippen LogP contribution in [0.5, 0.6) is 0 Å². The molecule has 0 spiro atoms. The monoisotopic (exact) mass is 258 g/mol. The summed E-state index contributed by atoms with van der Waals surface area (Å²) >= 11 is 5.82. The Hall–Kier alpha value is -0.380. The maximum atomic E-state index is 11.4. The Balaban J connectivity index is 2.31. The van der Waals surface area contributed by atoms with Crippen LogP contribution in [0.15, 0.2) is 24.3 Å². The van der Waals surface area contributed by atoms with Gasteiger partial charge in [0.05, 0.1) is 5.75 Å². The average molecular weight is 259 g/mol. The lowest BCUT2D eigenvalue weighted by Crippen LogP contribution is -2.34. The van der Waals surface area contributed by atoms with Crippen LogP contribution in [0.3, 0.4) is 0 Å². The van der Waals surface area contributed by atoms with Crippen LogP contribution in [-0.4, -0.2) is 21.3 Å². The van der Waals surface area contributed by atoms with Crippen molar-refractivity contribution >= 4 is 22.4 Å². The molecular weight excluding hydrogens is 244 g/mol. The van der Waals surface area contributed by atoms with Crippen molar-refractivity contribution in [3.05, 3.63) is 34.9 Å². The highest BCUT2D eigenvalue weighted by molar-refractivity contribution is 7.84. The summed E-state index contributed by atoms with van der Waals surface area (Å²) in [6.45, 7) is 0. The molecule has 1 aromatic carbocycles. The Morgan fingerprint density at radius 3 is 2.44 bits per heavy atom. The molecule has 1 aromatic rings. The van der Waals surface area contributed by atoms with Crippen LogP contribution in [-0.2, 0) is 16.4 Å². The number of halogens is 1. The van der Waals surface area contributed by atoms with Crippen LogP contribution >= 0.6 is 11.6 Å². The number of hydrogen-bond donors (Lipinski definition) is 1. The van der Waals surface area contributed by atoms with Crippen molar-refractivity contribution in [2.75, 3.05) is 12.0 Å². The molecule has 0 bridgehead atoms. The van der Waals surface area contributed by atoms with E-state index in [9.17, 15) is 9.32 Å². The normalized spacial score (nSPS) is 21.4. The van der Waals surface area contributed by atoms with Gasteiger partial charge in [-0.05, 0) is 36.5 Å². The van der Waals surface area contributed by atoms with Crippen LogP contribution in [0.25, 0.3) is 0 Å². The Morgan fingerprint density at radius 1 is 1.44 bits per heavy atom. The van der Waals surface area contributed by atoms with Crippen molar-refractivity contribution in [1.29, 1.82) is 0 Å². The van der Waals surface area contributed by atoms with Crippen molar-refractivity contribution in [3.8, 4) is 0 Å². The topological polar surface area (TPSA) is 37.3 Å². The van der Waals surface area contributed by atoms with Crippen LogP contribution in [0.1, 0.15) is 18.4 Å². The summed E-state index contributed by atoms with van der Waals surface area (Å²) in [5.41, 5.74) is -0.112. The first-order valence-electron chi connectivity index (χ1n) is 5.31. The predicted octanol–water partition coefficient (Wildman–Crippen LogP) is 2.32. The first-order chi connectivity index (χ1) is 7.52. The molecule has 1 saturated carbocycles. The highest BCUT2D eigenvalue weighted by Gasteiger charge is 2.45. The molecule has 16 heavy (non-hydrogen) atoms. The van der Waals surface area contributed by atoms with E-state index in [2.05, 4.69) is 0 Å². The van der Waals surface area contributed by atoms with Crippen LogP contribution in [0.4, 0.5) is 0 Å². The molecule has 0 amide bonds. The molecule has 0 radical (unpaired) electrons. The van der Waals surface area contributed by atoms with E-state index < -0.39 is 16.4 Å². The molecule has 2 rings (SSSR count). The van der Waals surface area contributed by atoms with Gasteiger partial charge in [0, 0.05) is 22.1 Å². The molecule has 0 saturated heterocycles. The molecular formula is C12H15ClO2S. The highest BCUT2D eigenvalue weighted by Crippen LogP contribution is 2.46. The van der Waals surface area contributed by atoms with Crippen molar-refractivity contribution in [2.45, 2.75) is 18.4 Å². The molecule has 0 aliphatic heterocycles. The molecule has 0 aromatic heterocycles. The number of aliphatic hydroxyl groups is 1. The highest BCUT2D eigenvalue weighted by atomic mass is 35.5. The van der Waals surface area contributed by atoms with Gasteiger partial charge in [-0.3, -0.25) is 4.21 Å². The zero-order chi connectivity index (χ0) is 11.8. The van der Waals surface area contributed by atoms with Crippen molar-refractivity contribution < 1.29 is 9.32 Å². The summed E-state index contributed by atoms with van der Waals surface area (Å²) < 4.78 is 11.4. The van der Waals surface area contributed by atoms with Gasteiger partial charge in [-0.25, -0.2) is 0 Å². The van der Waals surface area contributed by atoms with Crippen molar-refractivity contribution in [3.63, 3.8) is 0 Å². The lowest BCUT2D eigenvalue weighted by Gasteiger charge is -2.27. The molecule has 4 heteroatoms. The molecule has 1 aliphatic rings. The molecule has 2 nitrogen and oxygen atoms in total. The van der Waals surface area contributed by atoms with Gasteiger partial charge in [-0.15, -0.1) is 0 Å². The third kappa shape index (κ3) is 2.47. The van der Waals surface area contributed by atoms with Crippen LogP contribution < -0.4 is 0 Å². The van der Waals surface area contributed by atoms with E-state index in [0.29, 0.717) is 10.8 Å². The lowest BCUT2D eigenvalue weighted by molar-refractivity contribution is 0.0375. The van der Waals surface area contributed by atoms with E-state index in [4.69, 9.17) is 11.6 Å². The van der Waals surface area contributed by atoms with Gasteiger partial charge >= 0.3 is 0 Å². The summed E-state index contributed by atoms with van der Waals surface area (Å²) in [7, 11) is -1.00. The summed E-state index contributed by atoms with van der Waals surface area (Å²) in [6, 6.07) is 7.19. The molecule has 1 aliphatic carbocycles. The number of rotatable bonds is 4. The van der Waals surface area contributed by atoms with Crippen LogP contribution in [0.2, 0.25) is 5.02 Å². The van der Waals surface area contributed by atoms with E-state index in [1.165, 1.54) is 0 Å². The Kier molecular flexibility index (Phi) is 3.38. The maximum Gasteiger partial charge on any atom is 0.104 e. The fourth-order valence-electron chi connectivity index (χ4n) is 2.05. The van der Waals surface area contributed by atoms with Gasteiger partial charge < -0.3 is 5.11 Å². The number of hydrogen-bond acceptors (Lipinski definition) is 2. The van der Waals surface area contributed by atoms with Gasteiger partial charge in [0.1, 0.15) is 5.60 Å². The van der Waals surface area contributed by atoms with E-state index >= 15 is 0 Å². The van der Waals surface area contributed by atoms with Gasteiger partial charge in [0.2, 0.25) is 0 Å². The van der Waals surface area contributed by atoms with Crippen molar-refractivity contribution in [1.82, 2.24) is 0 Å². The minimum Gasteiger partial charge on any atom is -0.384 e. The largest absolute Gasteiger partial charge is 0.384 e. The van der Waals surface area contributed by atoms with E-state index in [1.807, 2.05) is 12.1 Å². The third-order valence-electron chi connectivity index (χ3n) is 3.02. The van der Waals surface area contributed by atoms with E-state index in [-0.39, 0.29) is 5.92 Å². The summed E-state index contributed by atoms with van der Waals surface area (Å²) in [4.78, 5) is 0. The van der Waals surface area contributed by atoms with Crippen LogP contribution in [0, 0.1) is 5.92 Å². The first kappa shape index (κ1) is 12.1. The fourth-order valence-corrected chi connectivity index (χ4v) is 3.19. The third-order valence-corrected chi connectivity index (χ3v) is 4.12. The van der Waals surface area contributed by atoms with E-state index in [1.54, 1.807) is 18.4 Å². The smallest absolute Gasteiger partial charge is 0.104 e. The lowest BCUT2D eigenvalue weighted by atomic mass is 9.91. The van der Waals surface area contributed by atoms with Gasteiger partial charge in [0.25, 0.3) is 0 Å². The van der Waals surface area contributed by atoms with Gasteiger partial charge in [-0.2, -0.15) is 0 Å². The Labute approximate surface area is 103 Å². The summed E-state index contributed by atoms with van der Waals surface area (Å²) in [5.74, 6) is 0.553. The molecule has 1 N–H and O–H groups in total. The molecule has 2 atom stereocenters. The molecule has 0 unspecified atom stereocenters. The SMILES string of the molecule is C[S@](=O)C[C@](O)(c1ccc(Cl)cc1)C1CC1. The Bertz CT molecular complexity index is 400. The predicted molar refractivity (Wildman–Crippen MR) is 67.0 cm³/mol. The summed E-state index contributed by atoms with van der Waals surface area (Å²) in [6.07, 6.45) is 3.65. The number of benzene rings is 1. The maximum absolute atomic E-state index is 11.4. The van der Waals surface area contributed by atoms with Gasteiger partial charge in [-0.1, -0.05) is 23.7 Å². The second kappa shape index (κ2) is 4.47. The Morgan fingerprint density at radius 2 is 2.00 bits per heavy atom. The minimum absolute atomic E-state index is 0.248. The average Bonchev–Trinajstić information content (AvgIpc) is 3.00. The fraction of sp³-hybridized carbons (Fsp3) is 0.500. The second-order valence-electron chi connectivity index (χ2n) is 4.42. The molecule has 0 heterocycles. The minimum atomic E-state index is -1.00. The zero-order valence-corrected chi connectivity index (χ0v) is 10.7.